The molecule has 2 atom stereocenters. The van der Waals surface area contributed by atoms with Gasteiger partial charge < -0.3 is 5.32 Å². The highest BCUT2D eigenvalue weighted by Gasteiger charge is 2.26. The molecule has 2 nitrogen and oxygen atoms in total. The molecule has 1 aliphatic carbocycles. The van der Waals surface area contributed by atoms with Crippen LogP contribution in [0.2, 0.25) is 0 Å². The Morgan fingerprint density at radius 3 is 2.71 bits per heavy atom. The van der Waals surface area contributed by atoms with E-state index in [9.17, 15) is 0 Å². The van der Waals surface area contributed by atoms with E-state index in [0.29, 0.717) is 6.04 Å². The first-order valence-corrected chi connectivity index (χ1v) is 5.86. The smallest absolute Gasteiger partial charge is 0.106 e. The van der Waals surface area contributed by atoms with Crippen LogP contribution < -0.4 is 5.32 Å². The minimum atomic E-state index is 0.650. The van der Waals surface area contributed by atoms with E-state index in [0.717, 1.165) is 16.2 Å². The lowest BCUT2D eigenvalue weighted by Crippen LogP contribution is -2.36. The van der Waals surface area contributed by atoms with Crippen molar-refractivity contribution in [1.29, 1.82) is 0 Å². The topological polar surface area (TPSA) is 24.9 Å². The average Bonchev–Trinajstić information content (AvgIpc) is 2.14. The van der Waals surface area contributed by atoms with Crippen molar-refractivity contribution in [3.8, 4) is 0 Å². The molecular weight excluding hydrogens is 240 g/mol. The van der Waals surface area contributed by atoms with Crippen LogP contribution in [0.1, 0.15) is 25.5 Å². The molecular formula is C11H15BrN2. The first-order valence-electron chi connectivity index (χ1n) is 5.06. The number of rotatable bonds is 2. The molecule has 1 saturated carbocycles. The van der Waals surface area contributed by atoms with Crippen molar-refractivity contribution in [3.05, 3.63) is 22.4 Å². The molecule has 0 aromatic carbocycles. The van der Waals surface area contributed by atoms with Crippen LogP contribution in [-0.4, -0.2) is 11.0 Å². The molecule has 14 heavy (non-hydrogen) atoms. The van der Waals surface area contributed by atoms with E-state index < -0.39 is 0 Å². The van der Waals surface area contributed by atoms with Crippen molar-refractivity contribution >= 4 is 21.6 Å². The number of pyridine rings is 1. The van der Waals surface area contributed by atoms with Gasteiger partial charge in [0.25, 0.3) is 0 Å². The third-order valence-electron chi connectivity index (χ3n) is 3.01. The number of hydrogen-bond donors (Lipinski definition) is 1. The zero-order valence-electron chi connectivity index (χ0n) is 8.55. The summed E-state index contributed by atoms with van der Waals surface area (Å²) in [5.74, 6) is 0.804. The van der Waals surface area contributed by atoms with E-state index in [2.05, 4.69) is 39.2 Å². The Balaban J connectivity index is 2.09. The van der Waals surface area contributed by atoms with Gasteiger partial charge in [0.1, 0.15) is 4.60 Å². The molecule has 0 bridgehead atoms. The normalized spacial score (nSPS) is 25.6. The third kappa shape index (κ3) is 1.92. The predicted octanol–water partition coefficient (Wildman–Crippen LogP) is 3.36. The van der Waals surface area contributed by atoms with E-state index in [1.807, 2.05) is 13.0 Å². The van der Waals surface area contributed by atoms with Gasteiger partial charge in [0.05, 0.1) is 11.4 Å². The molecule has 2 unspecified atom stereocenters. The summed E-state index contributed by atoms with van der Waals surface area (Å²) >= 11 is 3.37. The molecule has 1 aromatic heterocycles. The Kier molecular flexibility index (Phi) is 2.77. The molecule has 0 spiro atoms. The highest BCUT2D eigenvalue weighted by Crippen LogP contribution is 2.30. The van der Waals surface area contributed by atoms with E-state index in [4.69, 9.17) is 0 Å². The van der Waals surface area contributed by atoms with E-state index >= 15 is 0 Å². The lowest BCUT2D eigenvalue weighted by molar-refractivity contribution is 0.303. The van der Waals surface area contributed by atoms with Crippen molar-refractivity contribution in [2.24, 2.45) is 5.92 Å². The molecule has 1 fully saturated rings. The molecule has 2 rings (SSSR count). The second-order valence-corrected chi connectivity index (χ2v) is 4.88. The SMILES string of the molecule is Cc1nc(Br)ccc1NC1CCC1C. The largest absolute Gasteiger partial charge is 0.381 e. The zero-order valence-corrected chi connectivity index (χ0v) is 10.1. The first kappa shape index (κ1) is 9.97. The number of anilines is 1. The van der Waals surface area contributed by atoms with Crippen LogP contribution in [0.15, 0.2) is 16.7 Å². The van der Waals surface area contributed by atoms with E-state index in [1.165, 1.54) is 18.5 Å². The van der Waals surface area contributed by atoms with Crippen LogP contribution >= 0.6 is 15.9 Å². The molecule has 1 aliphatic rings. The van der Waals surface area contributed by atoms with Gasteiger partial charge in [-0.3, -0.25) is 0 Å². The summed E-state index contributed by atoms with van der Waals surface area (Å²) in [6, 6.07) is 4.73. The second kappa shape index (κ2) is 3.89. The van der Waals surface area contributed by atoms with Crippen LogP contribution in [0.4, 0.5) is 5.69 Å². The van der Waals surface area contributed by atoms with Gasteiger partial charge >= 0.3 is 0 Å². The highest BCUT2D eigenvalue weighted by atomic mass is 79.9. The molecule has 1 heterocycles. The first-order chi connectivity index (χ1) is 6.66. The number of nitrogens with zero attached hydrogens (tertiary/aromatic N) is 1. The molecule has 76 valence electrons. The van der Waals surface area contributed by atoms with Crippen molar-refractivity contribution in [2.45, 2.75) is 32.7 Å². The molecule has 0 saturated heterocycles. The molecule has 0 radical (unpaired) electrons. The predicted molar refractivity (Wildman–Crippen MR) is 62.5 cm³/mol. The van der Waals surface area contributed by atoms with Gasteiger partial charge in [0.15, 0.2) is 0 Å². The Morgan fingerprint density at radius 2 is 2.21 bits per heavy atom. The molecule has 0 amide bonds. The van der Waals surface area contributed by atoms with Gasteiger partial charge in [0, 0.05) is 6.04 Å². The maximum Gasteiger partial charge on any atom is 0.106 e. The van der Waals surface area contributed by atoms with Crippen LogP contribution in [0, 0.1) is 12.8 Å². The van der Waals surface area contributed by atoms with Gasteiger partial charge in [-0.1, -0.05) is 6.92 Å². The summed E-state index contributed by atoms with van der Waals surface area (Å²) in [6.45, 7) is 4.33. The highest BCUT2D eigenvalue weighted by molar-refractivity contribution is 9.10. The fourth-order valence-corrected chi connectivity index (χ4v) is 2.16. The van der Waals surface area contributed by atoms with Gasteiger partial charge in [-0.2, -0.15) is 0 Å². The molecule has 0 aliphatic heterocycles. The summed E-state index contributed by atoms with van der Waals surface area (Å²) in [4.78, 5) is 4.36. The lowest BCUT2D eigenvalue weighted by Gasteiger charge is -2.35. The van der Waals surface area contributed by atoms with E-state index in [1.54, 1.807) is 0 Å². The van der Waals surface area contributed by atoms with Crippen LogP contribution in [0.3, 0.4) is 0 Å². The van der Waals surface area contributed by atoms with Crippen LogP contribution in [-0.2, 0) is 0 Å². The van der Waals surface area contributed by atoms with E-state index in [-0.39, 0.29) is 0 Å². The Labute approximate surface area is 93.3 Å². The number of halogens is 1. The number of hydrogen-bond acceptors (Lipinski definition) is 2. The maximum atomic E-state index is 4.36. The number of nitrogens with one attached hydrogen (secondary N) is 1. The summed E-state index contributed by atoms with van der Waals surface area (Å²) in [6.07, 6.45) is 2.64. The fourth-order valence-electron chi connectivity index (χ4n) is 1.76. The van der Waals surface area contributed by atoms with Gasteiger partial charge in [0.2, 0.25) is 0 Å². The number of aryl methyl sites for hydroxylation is 1. The summed E-state index contributed by atoms with van der Waals surface area (Å²) in [5, 5.41) is 3.54. The lowest BCUT2D eigenvalue weighted by atomic mass is 9.81. The minimum Gasteiger partial charge on any atom is -0.381 e. The fraction of sp³-hybridized carbons (Fsp3) is 0.545. The zero-order chi connectivity index (χ0) is 10.1. The Hall–Kier alpha value is -0.570. The van der Waals surface area contributed by atoms with Crippen molar-refractivity contribution in [2.75, 3.05) is 5.32 Å². The summed E-state index contributed by atoms with van der Waals surface area (Å²) in [7, 11) is 0. The molecule has 1 N–H and O–H groups in total. The van der Waals surface area contributed by atoms with Crippen LogP contribution in [0.25, 0.3) is 0 Å². The quantitative estimate of drug-likeness (QED) is 0.819. The average molecular weight is 255 g/mol. The number of aromatic nitrogens is 1. The Bertz CT molecular complexity index is 338. The summed E-state index contributed by atoms with van der Waals surface area (Å²) in [5.41, 5.74) is 2.24. The Morgan fingerprint density at radius 1 is 1.43 bits per heavy atom. The standard InChI is InChI=1S/C11H15BrN2/c1-7-3-4-9(7)14-10-5-6-11(12)13-8(10)2/h5-7,9,14H,3-4H2,1-2H3. The minimum absolute atomic E-state index is 0.650. The van der Waals surface area contributed by atoms with Crippen molar-refractivity contribution in [3.63, 3.8) is 0 Å². The summed E-state index contributed by atoms with van der Waals surface area (Å²) < 4.78 is 0.905. The van der Waals surface area contributed by atoms with Crippen molar-refractivity contribution < 1.29 is 0 Å². The third-order valence-corrected chi connectivity index (χ3v) is 3.45. The van der Waals surface area contributed by atoms with Crippen molar-refractivity contribution in [1.82, 2.24) is 4.98 Å². The second-order valence-electron chi connectivity index (χ2n) is 4.07. The van der Waals surface area contributed by atoms with Gasteiger partial charge in [-0.05, 0) is 53.7 Å². The monoisotopic (exact) mass is 254 g/mol. The maximum absolute atomic E-state index is 4.36. The molecule has 3 heteroatoms. The van der Waals surface area contributed by atoms with Gasteiger partial charge in [-0.15, -0.1) is 0 Å². The van der Waals surface area contributed by atoms with Crippen LogP contribution in [0.5, 0.6) is 0 Å². The van der Waals surface area contributed by atoms with Gasteiger partial charge in [-0.25, -0.2) is 4.98 Å². The molecule has 1 aromatic rings.